The number of carbonyl (C=O) groups excluding carboxylic acids is 3. The van der Waals surface area contributed by atoms with Gasteiger partial charge in [0.05, 0.1) is 63.9 Å². The number of para-hydroxylation sites is 4. The van der Waals surface area contributed by atoms with Gasteiger partial charge >= 0.3 is 0 Å². The van der Waals surface area contributed by atoms with Gasteiger partial charge in [-0.2, -0.15) is 0 Å². The molecule has 3 saturated heterocycles. The third-order valence-corrected chi connectivity index (χ3v) is 19.9. The fraction of sp³-hybridized carbons (Fsp3) is 0.254. The Kier molecular flexibility index (Phi) is 15.2. The number of carbonyl (C=O) groups is 3. The molecular weight excluding hydrogens is 1150 g/mol. The number of hydrogen-bond acceptors (Lipinski definition) is 18. The maximum Gasteiger partial charge on any atom is 0.275 e. The minimum atomic E-state index is -0.282. The molecule has 85 heavy (non-hydrogen) atoms. The Labute approximate surface area is 507 Å². The van der Waals surface area contributed by atoms with Gasteiger partial charge in [0.25, 0.3) is 17.7 Å². The molecule has 4 aliphatic heterocycles. The lowest BCUT2D eigenvalue weighted by Gasteiger charge is -2.37. The molecule has 10 heterocycles. The van der Waals surface area contributed by atoms with Gasteiger partial charge in [-0.05, 0) is 90.8 Å². The second-order valence-electron chi connectivity index (χ2n) is 21.5. The van der Waals surface area contributed by atoms with Gasteiger partial charge in [-0.15, -0.1) is 45.3 Å². The number of hydrogen-bond donors (Lipinski definition) is 6. The molecule has 22 heteroatoms. The summed E-state index contributed by atoms with van der Waals surface area (Å²) in [6, 6.07) is 32.6. The Balaban J connectivity index is 0.641. The van der Waals surface area contributed by atoms with Crippen LogP contribution in [0, 0.1) is 6.92 Å². The maximum atomic E-state index is 14.3. The van der Waals surface area contributed by atoms with Gasteiger partial charge in [0.15, 0.2) is 0 Å². The van der Waals surface area contributed by atoms with Crippen molar-refractivity contribution < 1.29 is 19.1 Å². The summed E-state index contributed by atoms with van der Waals surface area (Å²) in [6.45, 7) is 10.3. The summed E-state index contributed by atoms with van der Waals surface area (Å²) in [5, 5.41) is 29.3. The zero-order valence-electron chi connectivity index (χ0n) is 46.7. The molecule has 6 N–H and O–H groups in total. The van der Waals surface area contributed by atoms with Crippen LogP contribution in [0.5, 0.6) is 5.75 Å². The SMILES string of the molecule is Cc1cc(C2CN(c3ccccc3NC(=O)c3csc(-c4ccc5c(ccn5C)c4)n3)CCN2)c(-c2nc(C(=O)Nc3ccccc3N3CCNC(c4cc(-c5nc(C(=O)Nc6cnccc6N6CCNCC6)cs5)cc5c4OCC5)C3)cs2)s1. The number of anilines is 6. The molecule has 0 radical (unpaired) electrons. The molecule has 2 atom stereocenters. The summed E-state index contributed by atoms with van der Waals surface area (Å²) >= 11 is 6.06. The number of thiophene rings is 1. The predicted octanol–water partition coefficient (Wildman–Crippen LogP) is 10.7. The van der Waals surface area contributed by atoms with E-state index in [1.807, 2.05) is 71.8 Å². The molecule has 4 aromatic carbocycles. The molecule has 0 bridgehead atoms. The Morgan fingerprint density at radius 1 is 0.612 bits per heavy atom. The standard InChI is InChI=1S/C63H60N14O4S4/c1-37-27-43(48-33-77(25-20-67-48)54-10-6-4-8-45(54)68-58(78)49-34-82-61(71-49)40-11-12-52-38(28-40)14-21-74(52)2)57(85-37)63-73-51(36-84-63)59(79)69-44-7-3-5-9-53(44)76-24-19-66-47(32-76)42-30-41(29-39-15-26-81-56(39)42)62-72-50(35-83-62)60(80)70-46-31-65-16-13-55(46)75-22-17-64-18-23-75/h3-14,16,21,27-31,34-36,47-48,64,66-67H,15,17-20,22-26,32-33H2,1-2H3,(H,68,78)(H,69,79)(H,70,80). The molecule has 14 rings (SSSR count). The lowest BCUT2D eigenvalue weighted by molar-refractivity contribution is 0.101. The molecule has 3 amide bonds. The second kappa shape index (κ2) is 23.6. The van der Waals surface area contributed by atoms with Crippen molar-refractivity contribution in [2.75, 3.05) is 103 Å². The van der Waals surface area contributed by atoms with E-state index in [9.17, 15) is 14.4 Å². The first kappa shape index (κ1) is 54.6. The maximum absolute atomic E-state index is 14.3. The number of aromatic nitrogens is 5. The van der Waals surface area contributed by atoms with Crippen molar-refractivity contribution in [3.8, 4) is 36.8 Å². The summed E-state index contributed by atoms with van der Waals surface area (Å²) in [4.78, 5) is 69.8. The fourth-order valence-electron chi connectivity index (χ4n) is 11.9. The summed E-state index contributed by atoms with van der Waals surface area (Å²) in [6.07, 6.45) is 6.27. The van der Waals surface area contributed by atoms with Crippen molar-refractivity contribution in [1.82, 2.24) is 40.5 Å². The van der Waals surface area contributed by atoms with Crippen LogP contribution in [0.3, 0.4) is 0 Å². The van der Waals surface area contributed by atoms with Crippen LogP contribution in [-0.2, 0) is 13.5 Å². The highest BCUT2D eigenvalue weighted by Gasteiger charge is 2.32. The van der Waals surface area contributed by atoms with Gasteiger partial charge < -0.3 is 55.9 Å². The minimum absolute atomic E-state index is 0.0418. The van der Waals surface area contributed by atoms with E-state index in [0.717, 1.165) is 144 Å². The van der Waals surface area contributed by atoms with Crippen LogP contribution in [0.2, 0.25) is 0 Å². The van der Waals surface area contributed by atoms with Gasteiger partial charge in [-0.3, -0.25) is 19.4 Å². The average molecular weight is 1210 g/mol. The monoisotopic (exact) mass is 1200 g/mol. The first-order valence-electron chi connectivity index (χ1n) is 28.5. The first-order valence-corrected chi connectivity index (χ1v) is 31.9. The fourth-order valence-corrected chi connectivity index (χ4v) is 15.5. The Morgan fingerprint density at radius 3 is 1.88 bits per heavy atom. The van der Waals surface area contributed by atoms with Crippen LogP contribution in [0.1, 0.15) is 65.1 Å². The Hall–Kier alpha value is -8.35. The summed E-state index contributed by atoms with van der Waals surface area (Å²) in [5.74, 6) is 0.0742. The molecular formula is C63H60N14O4S4. The number of pyridine rings is 1. The van der Waals surface area contributed by atoms with E-state index in [-0.39, 0.29) is 29.8 Å². The molecule has 430 valence electrons. The molecule has 18 nitrogen and oxygen atoms in total. The highest BCUT2D eigenvalue weighted by molar-refractivity contribution is 7.21. The van der Waals surface area contributed by atoms with Crippen LogP contribution < -0.4 is 51.3 Å². The zero-order chi connectivity index (χ0) is 57.5. The van der Waals surface area contributed by atoms with Gasteiger partial charge in [0.2, 0.25) is 0 Å². The van der Waals surface area contributed by atoms with E-state index in [2.05, 4.69) is 118 Å². The van der Waals surface area contributed by atoms with Crippen LogP contribution in [0.4, 0.5) is 34.1 Å². The number of thiazole rings is 3. The lowest BCUT2D eigenvalue weighted by Crippen LogP contribution is -2.46. The van der Waals surface area contributed by atoms with E-state index in [0.29, 0.717) is 54.7 Å². The number of ether oxygens (including phenoxy) is 1. The number of nitrogens with one attached hydrogen (secondary N) is 6. The molecule has 2 unspecified atom stereocenters. The van der Waals surface area contributed by atoms with Crippen molar-refractivity contribution >= 4 is 108 Å². The molecule has 0 spiro atoms. The van der Waals surface area contributed by atoms with Crippen molar-refractivity contribution in [3.05, 3.63) is 170 Å². The van der Waals surface area contributed by atoms with Gasteiger partial charge in [-0.25, -0.2) is 15.0 Å². The summed E-state index contributed by atoms with van der Waals surface area (Å²) in [5.41, 5.74) is 12.3. The number of amides is 3. The van der Waals surface area contributed by atoms with Crippen LogP contribution >= 0.6 is 45.3 Å². The van der Waals surface area contributed by atoms with Crippen molar-refractivity contribution in [3.63, 3.8) is 0 Å². The normalized spacial score (nSPS) is 17.0. The second-order valence-corrected chi connectivity index (χ2v) is 25.4. The Morgan fingerprint density at radius 2 is 1.20 bits per heavy atom. The number of nitrogens with zero attached hydrogens (tertiary/aromatic N) is 8. The molecule has 0 saturated carbocycles. The number of piperazine rings is 3. The van der Waals surface area contributed by atoms with E-state index < -0.39 is 0 Å². The topological polar surface area (TPSA) is 199 Å². The number of aryl methyl sites for hydroxylation is 2. The highest BCUT2D eigenvalue weighted by Crippen LogP contribution is 2.43. The number of fused-ring (bicyclic) bond motifs is 2. The molecule has 10 aromatic rings. The quantitative estimate of drug-likeness (QED) is 0.0601. The third kappa shape index (κ3) is 11.2. The third-order valence-electron chi connectivity index (χ3n) is 16.1. The Bertz CT molecular complexity index is 4160. The first-order chi connectivity index (χ1) is 41.6. The van der Waals surface area contributed by atoms with Crippen molar-refractivity contribution in [2.45, 2.75) is 25.4 Å². The van der Waals surface area contributed by atoms with Crippen LogP contribution in [0.15, 0.2) is 132 Å². The van der Waals surface area contributed by atoms with Crippen LogP contribution in [0.25, 0.3) is 41.9 Å². The molecule has 0 aliphatic carbocycles. The highest BCUT2D eigenvalue weighted by atomic mass is 32.1. The van der Waals surface area contributed by atoms with Gasteiger partial charge in [0, 0.05) is 140 Å². The number of rotatable bonds is 14. The smallest absolute Gasteiger partial charge is 0.275 e. The van der Waals surface area contributed by atoms with Crippen molar-refractivity contribution in [2.24, 2.45) is 7.05 Å². The zero-order valence-corrected chi connectivity index (χ0v) is 50.0. The number of benzene rings is 4. The summed E-state index contributed by atoms with van der Waals surface area (Å²) in [7, 11) is 2.03. The van der Waals surface area contributed by atoms with E-state index in [4.69, 9.17) is 19.7 Å². The average Bonchev–Trinajstić information content (AvgIpc) is 4.63. The molecule has 4 aliphatic rings. The largest absolute Gasteiger partial charge is 0.493 e. The van der Waals surface area contributed by atoms with Gasteiger partial charge in [-0.1, -0.05) is 24.3 Å². The molecule has 6 aromatic heterocycles. The lowest BCUT2D eigenvalue weighted by atomic mass is 9.96. The summed E-state index contributed by atoms with van der Waals surface area (Å²) < 4.78 is 8.41. The van der Waals surface area contributed by atoms with E-state index in [1.165, 1.54) is 34.0 Å². The van der Waals surface area contributed by atoms with Crippen molar-refractivity contribution in [1.29, 1.82) is 0 Å². The van der Waals surface area contributed by atoms with E-state index >= 15 is 0 Å². The van der Waals surface area contributed by atoms with Crippen LogP contribution in [-0.4, -0.2) is 114 Å². The predicted molar refractivity (Wildman–Crippen MR) is 343 cm³/mol. The van der Waals surface area contributed by atoms with E-state index in [1.54, 1.807) is 23.7 Å². The minimum Gasteiger partial charge on any atom is -0.493 e. The molecule has 3 fully saturated rings. The van der Waals surface area contributed by atoms with Gasteiger partial charge in [0.1, 0.15) is 37.9 Å².